The first-order valence-corrected chi connectivity index (χ1v) is 8.62. The fourth-order valence-corrected chi connectivity index (χ4v) is 3.97. The highest BCUT2D eigenvalue weighted by atomic mass is 32.2. The van der Waals surface area contributed by atoms with Crippen LogP contribution in [-0.2, 0) is 4.79 Å². The van der Waals surface area contributed by atoms with Crippen molar-refractivity contribution in [3.63, 3.8) is 0 Å². The summed E-state index contributed by atoms with van der Waals surface area (Å²) in [6, 6.07) is 17.6. The number of pyridine rings is 1. The van der Waals surface area contributed by atoms with Crippen molar-refractivity contribution in [1.82, 2.24) is 4.98 Å². The number of thioether (sulfide) groups is 1. The van der Waals surface area contributed by atoms with E-state index in [9.17, 15) is 4.79 Å². The summed E-state index contributed by atoms with van der Waals surface area (Å²) in [6.07, 6.45) is 5.26. The van der Waals surface area contributed by atoms with Crippen LogP contribution >= 0.6 is 24.0 Å². The van der Waals surface area contributed by atoms with Crippen molar-refractivity contribution >= 4 is 56.7 Å². The van der Waals surface area contributed by atoms with Crippen LogP contribution in [0.1, 0.15) is 5.56 Å². The maximum atomic E-state index is 12.9. The van der Waals surface area contributed by atoms with E-state index >= 15 is 0 Å². The molecule has 1 aromatic heterocycles. The second kappa shape index (κ2) is 6.19. The Balaban J connectivity index is 1.78. The summed E-state index contributed by atoms with van der Waals surface area (Å²) in [6.45, 7) is 0. The van der Waals surface area contributed by atoms with E-state index in [1.807, 2.05) is 60.7 Å². The van der Waals surface area contributed by atoms with Gasteiger partial charge in [-0.3, -0.25) is 14.7 Å². The molecule has 0 aliphatic carbocycles. The lowest BCUT2D eigenvalue weighted by Gasteiger charge is -2.17. The number of carbonyl (C=O) groups is 1. The standard InChI is InChI=1S/C19H12N2OS2/c22-18-17(12-13-8-10-20-11-9-13)24-19(23)21(18)16-7-3-5-14-4-1-2-6-15(14)16/h1-12H. The van der Waals surface area contributed by atoms with Crippen LogP contribution in [0.2, 0.25) is 0 Å². The molecule has 0 unspecified atom stereocenters. The number of fused-ring (bicyclic) bond motifs is 1. The van der Waals surface area contributed by atoms with Crippen LogP contribution < -0.4 is 4.90 Å². The van der Waals surface area contributed by atoms with Gasteiger partial charge in [0, 0.05) is 17.8 Å². The lowest BCUT2D eigenvalue weighted by molar-refractivity contribution is -0.113. The number of anilines is 1. The van der Waals surface area contributed by atoms with Crippen molar-refractivity contribution in [3.05, 3.63) is 77.5 Å². The predicted octanol–water partition coefficient (Wildman–Crippen LogP) is 4.64. The minimum Gasteiger partial charge on any atom is -0.268 e. The molecule has 116 valence electrons. The van der Waals surface area contributed by atoms with Crippen molar-refractivity contribution in [2.75, 3.05) is 4.90 Å². The second-order valence-corrected chi connectivity index (χ2v) is 6.97. The molecule has 1 aliphatic rings. The van der Waals surface area contributed by atoms with Crippen LogP contribution in [0.3, 0.4) is 0 Å². The third-order valence-electron chi connectivity index (χ3n) is 3.81. The maximum absolute atomic E-state index is 12.9. The van der Waals surface area contributed by atoms with E-state index in [0.717, 1.165) is 22.0 Å². The van der Waals surface area contributed by atoms with Gasteiger partial charge in [0.15, 0.2) is 4.32 Å². The number of nitrogens with zero attached hydrogens (tertiary/aromatic N) is 2. The summed E-state index contributed by atoms with van der Waals surface area (Å²) in [7, 11) is 0. The van der Waals surface area contributed by atoms with Gasteiger partial charge in [0.05, 0.1) is 10.6 Å². The van der Waals surface area contributed by atoms with Crippen molar-refractivity contribution < 1.29 is 4.79 Å². The monoisotopic (exact) mass is 348 g/mol. The molecular weight excluding hydrogens is 336 g/mol. The SMILES string of the molecule is O=C1C(=Cc2ccncc2)SC(=S)N1c1cccc2ccccc12. The molecule has 1 fully saturated rings. The zero-order valence-electron chi connectivity index (χ0n) is 12.5. The molecule has 3 nitrogen and oxygen atoms in total. The fraction of sp³-hybridized carbons (Fsp3) is 0. The Morgan fingerprint density at radius 3 is 2.58 bits per heavy atom. The highest BCUT2D eigenvalue weighted by Gasteiger charge is 2.34. The Morgan fingerprint density at radius 2 is 1.75 bits per heavy atom. The van der Waals surface area contributed by atoms with E-state index in [0.29, 0.717) is 9.23 Å². The maximum Gasteiger partial charge on any atom is 0.270 e. The van der Waals surface area contributed by atoms with E-state index in [4.69, 9.17) is 12.2 Å². The van der Waals surface area contributed by atoms with Gasteiger partial charge in [-0.05, 0) is 35.2 Å². The van der Waals surface area contributed by atoms with Crippen molar-refractivity contribution in [2.24, 2.45) is 0 Å². The minimum absolute atomic E-state index is 0.0850. The summed E-state index contributed by atoms with van der Waals surface area (Å²) >= 11 is 6.80. The summed E-state index contributed by atoms with van der Waals surface area (Å²) in [5.74, 6) is -0.0850. The van der Waals surface area contributed by atoms with E-state index in [2.05, 4.69) is 4.98 Å². The molecular formula is C19H12N2OS2. The average Bonchev–Trinajstić information content (AvgIpc) is 2.89. The zero-order valence-corrected chi connectivity index (χ0v) is 14.2. The molecule has 24 heavy (non-hydrogen) atoms. The van der Waals surface area contributed by atoms with E-state index in [1.54, 1.807) is 17.3 Å². The van der Waals surface area contributed by atoms with Crippen molar-refractivity contribution in [2.45, 2.75) is 0 Å². The van der Waals surface area contributed by atoms with Crippen LogP contribution in [0.15, 0.2) is 71.9 Å². The van der Waals surface area contributed by atoms with Gasteiger partial charge in [0.1, 0.15) is 0 Å². The Labute approximate surface area is 149 Å². The van der Waals surface area contributed by atoms with Gasteiger partial charge in [0.2, 0.25) is 0 Å². The Bertz CT molecular complexity index is 978. The van der Waals surface area contributed by atoms with E-state index < -0.39 is 0 Å². The molecule has 0 spiro atoms. The lowest BCUT2D eigenvalue weighted by atomic mass is 10.1. The third-order valence-corrected chi connectivity index (χ3v) is 5.11. The number of amides is 1. The number of aromatic nitrogens is 1. The van der Waals surface area contributed by atoms with Crippen LogP contribution in [0.5, 0.6) is 0 Å². The van der Waals surface area contributed by atoms with Gasteiger partial charge in [-0.25, -0.2) is 0 Å². The molecule has 4 rings (SSSR count). The quantitative estimate of drug-likeness (QED) is 0.499. The number of benzene rings is 2. The smallest absolute Gasteiger partial charge is 0.268 e. The minimum atomic E-state index is -0.0850. The third kappa shape index (κ3) is 2.62. The summed E-state index contributed by atoms with van der Waals surface area (Å²) in [5, 5.41) is 2.10. The molecule has 2 heterocycles. The average molecular weight is 348 g/mol. The van der Waals surface area contributed by atoms with Crippen LogP contribution in [-0.4, -0.2) is 15.2 Å². The van der Waals surface area contributed by atoms with Crippen molar-refractivity contribution in [3.8, 4) is 0 Å². The number of rotatable bonds is 2. The van der Waals surface area contributed by atoms with E-state index in [-0.39, 0.29) is 5.91 Å². The topological polar surface area (TPSA) is 33.2 Å². The Morgan fingerprint density at radius 1 is 1.00 bits per heavy atom. The first kappa shape index (κ1) is 15.1. The van der Waals surface area contributed by atoms with Gasteiger partial charge in [-0.15, -0.1) is 0 Å². The summed E-state index contributed by atoms with van der Waals surface area (Å²) < 4.78 is 0.552. The molecule has 1 amide bonds. The normalized spacial score (nSPS) is 16.3. The number of thiocarbonyl (C=S) groups is 1. The lowest BCUT2D eigenvalue weighted by Crippen LogP contribution is -2.27. The molecule has 5 heteroatoms. The first-order valence-electron chi connectivity index (χ1n) is 7.40. The molecule has 2 aromatic carbocycles. The number of hydrogen-bond donors (Lipinski definition) is 0. The van der Waals surface area contributed by atoms with Gasteiger partial charge in [-0.1, -0.05) is 60.4 Å². The highest BCUT2D eigenvalue weighted by molar-refractivity contribution is 8.27. The van der Waals surface area contributed by atoms with Crippen LogP contribution in [0.25, 0.3) is 16.8 Å². The van der Waals surface area contributed by atoms with Gasteiger partial charge >= 0.3 is 0 Å². The predicted molar refractivity (Wildman–Crippen MR) is 104 cm³/mol. The molecule has 1 saturated heterocycles. The highest BCUT2D eigenvalue weighted by Crippen LogP contribution is 2.38. The fourth-order valence-electron chi connectivity index (χ4n) is 2.69. The van der Waals surface area contributed by atoms with Gasteiger partial charge in [-0.2, -0.15) is 0 Å². The summed E-state index contributed by atoms with van der Waals surface area (Å²) in [4.78, 5) is 19.1. The van der Waals surface area contributed by atoms with Crippen molar-refractivity contribution in [1.29, 1.82) is 0 Å². The Hall–Kier alpha value is -2.50. The zero-order chi connectivity index (χ0) is 16.5. The molecule has 3 aromatic rings. The van der Waals surface area contributed by atoms with Gasteiger partial charge < -0.3 is 0 Å². The first-order chi connectivity index (χ1) is 11.7. The summed E-state index contributed by atoms with van der Waals surface area (Å²) in [5.41, 5.74) is 1.76. The van der Waals surface area contributed by atoms with Gasteiger partial charge in [0.25, 0.3) is 5.91 Å². The molecule has 0 atom stereocenters. The molecule has 0 saturated carbocycles. The molecule has 0 bridgehead atoms. The molecule has 0 N–H and O–H groups in total. The molecule has 1 aliphatic heterocycles. The van der Waals surface area contributed by atoms with E-state index in [1.165, 1.54) is 11.8 Å². The Kier molecular flexibility index (Phi) is 3.88. The molecule has 0 radical (unpaired) electrons. The van der Waals surface area contributed by atoms with Crippen LogP contribution in [0.4, 0.5) is 5.69 Å². The number of hydrogen-bond acceptors (Lipinski definition) is 4. The second-order valence-electron chi connectivity index (χ2n) is 5.30. The largest absolute Gasteiger partial charge is 0.270 e. The van der Waals surface area contributed by atoms with Crippen LogP contribution in [0, 0.1) is 0 Å². The number of carbonyl (C=O) groups excluding carboxylic acids is 1.